The van der Waals surface area contributed by atoms with E-state index in [9.17, 15) is 18.4 Å². The molecule has 0 aliphatic heterocycles. The second-order valence-corrected chi connectivity index (χ2v) is 6.07. The van der Waals surface area contributed by atoms with Crippen LogP contribution in [0.3, 0.4) is 0 Å². The number of aromatic nitrogens is 4. The van der Waals surface area contributed by atoms with Crippen LogP contribution in [0.1, 0.15) is 16.1 Å². The van der Waals surface area contributed by atoms with E-state index in [0.29, 0.717) is 17.1 Å². The summed E-state index contributed by atoms with van der Waals surface area (Å²) in [6, 6.07) is 9.11. The van der Waals surface area contributed by atoms with Gasteiger partial charge in [0.1, 0.15) is 28.7 Å². The third kappa shape index (κ3) is 3.55. The topological polar surface area (TPSA) is 106 Å². The lowest BCUT2D eigenvalue weighted by Crippen LogP contribution is -2.20. The minimum Gasteiger partial charge on any atom is -0.463 e. The average Bonchev–Trinajstić information content (AvgIpc) is 3.30. The highest BCUT2D eigenvalue weighted by atomic mass is 19.1. The van der Waals surface area contributed by atoms with E-state index >= 15 is 0 Å². The zero-order chi connectivity index (χ0) is 20.5. The van der Waals surface area contributed by atoms with Gasteiger partial charge in [0.15, 0.2) is 5.76 Å². The predicted octanol–water partition coefficient (Wildman–Crippen LogP) is 3.05. The van der Waals surface area contributed by atoms with Crippen LogP contribution < -0.4 is 10.9 Å². The van der Waals surface area contributed by atoms with Gasteiger partial charge in [-0.1, -0.05) is 6.07 Å². The molecule has 8 nitrogen and oxygen atoms in total. The van der Waals surface area contributed by atoms with E-state index in [1.54, 1.807) is 19.1 Å². The van der Waals surface area contributed by atoms with E-state index in [0.717, 1.165) is 22.9 Å². The second-order valence-electron chi connectivity index (χ2n) is 6.07. The monoisotopic (exact) mass is 397 g/mol. The predicted molar refractivity (Wildman–Crippen MR) is 98.7 cm³/mol. The lowest BCUT2D eigenvalue weighted by molar-refractivity contribution is 0.101. The van der Waals surface area contributed by atoms with Crippen molar-refractivity contribution in [3.8, 4) is 17.4 Å². The summed E-state index contributed by atoms with van der Waals surface area (Å²) in [5.41, 5.74) is -0.454. The number of hydrogen-bond donors (Lipinski definition) is 2. The second kappa shape index (κ2) is 7.15. The van der Waals surface area contributed by atoms with Crippen molar-refractivity contribution in [2.45, 2.75) is 6.92 Å². The maximum Gasteiger partial charge on any atom is 0.262 e. The van der Waals surface area contributed by atoms with Gasteiger partial charge in [-0.25, -0.2) is 13.8 Å². The van der Waals surface area contributed by atoms with Crippen molar-refractivity contribution in [2.75, 3.05) is 5.32 Å². The Morgan fingerprint density at radius 2 is 1.93 bits per heavy atom. The molecule has 0 aliphatic rings. The van der Waals surface area contributed by atoms with Crippen LogP contribution in [0.25, 0.3) is 17.4 Å². The number of H-pyrrole nitrogens is 1. The van der Waals surface area contributed by atoms with Crippen LogP contribution in [-0.4, -0.2) is 25.7 Å². The number of hydrogen-bond acceptors (Lipinski definition) is 5. The fraction of sp³-hybridized carbons (Fsp3) is 0.0526. The van der Waals surface area contributed by atoms with Crippen LogP contribution in [0.5, 0.6) is 0 Å². The first kappa shape index (κ1) is 18.3. The number of rotatable bonds is 4. The summed E-state index contributed by atoms with van der Waals surface area (Å²) in [6.07, 6.45) is 1.44. The molecular formula is C19H13F2N5O3. The minimum atomic E-state index is -1.03. The number of carbonyl (C=O) groups is 1. The molecule has 0 spiro atoms. The van der Waals surface area contributed by atoms with Gasteiger partial charge in [0.25, 0.3) is 11.5 Å². The van der Waals surface area contributed by atoms with E-state index < -0.39 is 28.7 Å². The number of carbonyl (C=O) groups excluding carboxylic acids is 1. The summed E-state index contributed by atoms with van der Waals surface area (Å²) in [5, 5.41) is 6.69. The van der Waals surface area contributed by atoms with Crippen molar-refractivity contribution in [3.63, 3.8) is 0 Å². The molecule has 10 heteroatoms. The molecule has 4 rings (SSSR count). The first-order valence-electron chi connectivity index (χ1n) is 8.40. The summed E-state index contributed by atoms with van der Waals surface area (Å²) in [6.45, 7) is 1.61. The molecule has 1 aromatic carbocycles. The van der Waals surface area contributed by atoms with Crippen molar-refractivity contribution in [1.29, 1.82) is 0 Å². The Morgan fingerprint density at radius 3 is 2.59 bits per heavy atom. The molecule has 0 radical (unpaired) electrons. The quantitative estimate of drug-likeness (QED) is 0.551. The molecule has 146 valence electrons. The highest BCUT2D eigenvalue weighted by Crippen LogP contribution is 2.25. The highest BCUT2D eigenvalue weighted by Gasteiger charge is 2.21. The van der Waals surface area contributed by atoms with Crippen LogP contribution in [0.2, 0.25) is 0 Å². The van der Waals surface area contributed by atoms with Gasteiger partial charge < -0.3 is 9.73 Å². The Kier molecular flexibility index (Phi) is 4.51. The number of benzene rings is 1. The molecular weight excluding hydrogens is 384 g/mol. The maximum absolute atomic E-state index is 14.0. The van der Waals surface area contributed by atoms with Crippen LogP contribution in [0.15, 0.2) is 57.9 Å². The van der Waals surface area contributed by atoms with E-state index in [4.69, 9.17) is 4.42 Å². The van der Waals surface area contributed by atoms with Crippen LogP contribution >= 0.6 is 0 Å². The molecule has 0 aliphatic carbocycles. The molecule has 0 bridgehead atoms. The molecule has 0 atom stereocenters. The van der Waals surface area contributed by atoms with Crippen LogP contribution in [0, 0.1) is 18.6 Å². The third-order valence-corrected chi connectivity index (χ3v) is 3.97. The van der Waals surface area contributed by atoms with Crippen molar-refractivity contribution < 1.29 is 18.0 Å². The molecule has 29 heavy (non-hydrogen) atoms. The molecule has 0 fully saturated rings. The number of halogens is 2. The minimum absolute atomic E-state index is 0.0112. The first-order valence-corrected chi connectivity index (χ1v) is 8.40. The van der Waals surface area contributed by atoms with E-state index in [1.807, 2.05) is 0 Å². The van der Waals surface area contributed by atoms with Gasteiger partial charge in [-0.2, -0.15) is 9.78 Å². The molecule has 3 aromatic heterocycles. The Bertz CT molecular complexity index is 1240. The number of nitrogens with one attached hydrogen (secondary N) is 2. The van der Waals surface area contributed by atoms with Crippen LogP contribution in [0.4, 0.5) is 14.6 Å². The number of furan rings is 1. The highest BCUT2D eigenvalue weighted by molar-refractivity contribution is 6.04. The zero-order valence-electron chi connectivity index (χ0n) is 14.9. The summed E-state index contributed by atoms with van der Waals surface area (Å²) >= 11 is 0. The number of amides is 1. The van der Waals surface area contributed by atoms with Crippen molar-refractivity contribution in [2.24, 2.45) is 0 Å². The Hall–Kier alpha value is -4.08. The smallest absolute Gasteiger partial charge is 0.262 e. The van der Waals surface area contributed by atoms with Gasteiger partial charge in [-0.15, -0.1) is 0 Å². The molecule has 0 unspecified atom stereocenters. The van der Waals surface area contributed by atoms with Crippen molar-refractivity contribution in [1.82, 2.24) is 19.7 Å². The van der Waals surface area contributed by atoms with Gasteiger partial charge in [0, 0.05) is 17.8 Å². The summed E-state index contributed by atoms with van der Waals surface area (Å²) < 4.78 is 34.4. The zero-order valence-corrected chi connectivity index (χ0v) is 14.9. The Morgan fingerprint density at radius 1 is 1.17 bits per heavy atom. The lowest BCUT2D eigenvalue weighted by Gasteiger charge is -2.09. The van der Waals surface area contributed by atoms with Gasteiger partial charge in [-0.3, -0.25) is 14.6 Å². The van der Waals surface area contributed by atoms with E-state index in [2.05, 4.69) is 20.4 Å². The number of nitrogens with zero attached hydrogens (tertiary/aromatic N) is 3. The standard InChI is InChI=1S/C19H13F2N5O3/c1-10-8-16(27)24-19(22-10)26-15(9-13(25-26)14-6-3-7-29-14)23-18(28)17-11(20)4-2-5-12(17)21/h2-9H,1H3,(H,23,28)(H,22,24,27). The first-order chi connectivity index (χ1) is 13.9. The Labute approximate surface area is 161 Å². The normalized spacial score (nSPS) is 10.9. The fourth-order valence-corrected chi connectivity index (χ4v) is 2.73. The largest absolute Gasteiger partial charge is 0.463 e. The molecule has 2 N–H and O–H groups in total. The molecule has 3 heterocycles. The third-order valence-electron chi connectivity index (χ3n) is 3.97. The summed E-state index contributed by atoms with van der Waals surface area (Å²) in [5.74, 6) is -2.63. The van der Waals surface area contributed by atoms with Gasteiger partial charge in [-0.05, 0) is 31.2 Å². The van der Waals surface area contributed by atoms with Crippen molar-refractivity contribution in [3.05, 3.63) is 82.0 Å². The number of anilines is 1. The number of aromatic amines is 1. The van der Waals surface area contributed by atoms with Gasteiger partial charge in [0.05, 0.1) is 6.26 Å². The Balaban J connectivity index is 1.81. The van der Waals surface area contributed by atoms with E-state index in [1.165, 1.54) is 18.4 Å². The van der Waals surface area contributed by atoms with Gasteiger partial charge >= 0.3 is 0 Å². The van der Waals surface area contributed by atoms with Gasteiger partial charge in [0.2, 0.25) is 5.95 Å². The average molecular weight is 397 g/mol. The molecule has 1 amide bonds. The SMILES string of the molecule is Cc1cc(=O)[nH]c(-n2nc(-c3ccco3)cc2NC(=O)c2c(F)cccc2F)n1. The maximum atomic E-state index is 14.0. The fourth-order valence-electron chi connectivity index (χ4n) is 2.73. The lowest BCUT2D eigenvalue weighted by atomic mass is 10.2. The van der Waals surface area contributed by atoms with Crippen molar-refractivity contribution >= 4 is 11.7 Å². The molecule has 0 saturated carbocycles. The number of aryl methyl sites for hydroxylation is 1. The summed E-state index contributed by atoms with van der Waals surface area (Å²) in [4.78, 5) is 31.0. The van der Waals surface area contributed by atoms with E-state index in [-0.39, 0.29) is 11.8 Å². The molecule has 0 saturated heterocycles. The van der Waals surface area contributed by atoms with Crippen LogP contribution in [-0.2, 0) is 0 Å². The summed E-state index contributed by atoms with van der Waals surface area (Å²) in [7, 11) is 0. The molecule has 4 aromatic rings.